The molecule has 8 nitrogen and oxygen atoms in total. The van der Waals surface area contributed by atoms with Gasteiger partial charge in [-0.25, -0.2) is 5.01 Å². The molecule has 2 heterocycles. The normalized spacial score (nSPS) is 16.9. The molecule has 10 heteroatoms. The third kappa shape index (κ3) is 3.49. The summed E-state index contributed by atoms with van der Waals surface area (Å²) in [6.45, 7) is 0. The molecule has 24 heavy (non-hydrogen) atoms. The molecule has 1 saturated heterocycles. The summed E-state index contributed by atoms with van der Waals surface area (Å²) in [7, 11) is 0. The van der Waals surface area contributed by atoms with Crippen LogP contribution < -0.4 is 10.7 Å². The molecule has 3 rings (SSSR count). The van der Waals surface area contributed by atoms with Crippen LogP contribution in [0, 0.1) is 10.1 Å². The van der Waals surface area contributed by atoms with Gasteiger partial charge in [0.05, 0.1) is 11.8 Å². The van der Waals surface area contributed by atoms with E-state index in [0.717, 1.165) is 5.69 Å². The van der Waals surface area contributed by atoms with E-state index in [1.807, 2.05) is 30.3 Å². The molecule has 2 aromatic rings. The van der Waals surface area contributed by atoms with Gasteiger partial charge in [-0.05, 0) is 30.4 Å². The van der Waals surface area contributed by atoms with Gasteiger partial charge in [-0.1, -0.05) is 18.2 Å². The van der Waals surface area contributed by atoms with E-state index in [4.69, 9.17) is 16.6 Å². The van der Waals surface area contributed by atoms with Crippen LogP contribution in [0.15, 0.2) is 46.9 Å². The van der Waals surface area contributed by atoms with Crippen molar-refractivity contribution in [3.05, 3.63) is 58.3 Å². The molecule has 0 radical (unpaired) electrons. The van der Waals surface area contributed by atoms with Crippen LogP contribution in [0.3, 0.4) is 0 Å². The Kier molecular flexibility index (Phi) is 4.67. The number of nitro groups is 1. The summed E-state index contributed by atoms with van der Waals surface area (Å²) in [6, 6.07) is 12.0. The number of carbonyl (C=O) groups excluding carboxylic acids is 1. The SMILES string of the molecule is O=C1CSC(c2ccc([N+](=O)[O-])o2)N1NC(=S)Nc1ccccc1. The Morgan fingerprint density at radius 2 is 2.08 bits per heavy atom. The molecule has 1 unspecified atom stereocenters. The largest absolute Gasteiger partial charge is 0.433 e. The van der Waals surface area contributed by atoms with Gasteiger partial charge in [-0.15, -0.1) is 11.8 Å². The summed E-state index contributed by atoms with van der Waals surface area (Å²) in [5.41, 5.74) is 3.59. The molecular weight excluding hydrogens is 352 g/mol. The third-order valence-electron chi connectivity index (χ3n) is 3.16. The average molecular weight is 364 g/mol. The first-order chi connectivity index (χ1) is 11.5. The second-order valence-corrected chi connectivity index (χ2v) is 6.27. The van der Waals surface area contributed by atoms with E-state index >= 15 is 0 Å². The van der Waals surface area contributed by atoms with E-state index in [1.54, 1.807) is 0 Å². The van der Waals surface area contributed by atoms with Crippen molar-refractivity contribution in [2.24, 2.45) is 0 Å². The number of hydrogen-bond acceptors (Lipinski definition) is 6. The first kappa shape index (κ1) is 16.3. The highest BCUT2D eigenvalue weighted by Crippen LogP contribution is 2.39. The number of nitrogens with zero attached hydrogens (tertiary/aromatic N) is 2. The van der Waals surface area contributed by atoms with Crippen LogP contribution in [-0.4, -0.2) is 26.7 Å². The lowest BCUT2D eigenvalue weighted by molar-refractivity contribution is -0.402. The highest BCUT2D eigenvalue weighted by Gasteiger charge is 2.36. The molecule has 124 valence electrons. The Labute approximate surface area is 146 Å². The molecule has 2 N–H and O–H groups in total. The topological polar surface area (TPSA) is 101 Å². The van der Waals surface area contributed by atoms with Crippen LogP contribution in [0.4, 0.5) is 11.6 Å². The molecule has 1 aliphatic heterocycles. The number of furan rings is 1. The van der Waals surface area contributed by atoms with Crippen molar-refractivity contribution in [2.45, 2.75) is 5.37 Å². The Morgan fingerprint density at radius 1 is 1.33 bits per heavy atom. The molecule has 0 bridgehead atoms. The van der Waals surface area contributed by atoms with Crippen molar-refractivity contribution < 1.29 is 14.1 Å². The molecular formula is C14H12N4O4S2. The monoisotopic (exact) mass is 364 g/mol. The number of hydrazine groups is 1. The first-order valence-corrected chi connectivity index (χ1v) is 8.31. The lowest BCUT2D eigenvalue weighted by Crippen LogP contribution is -2.46. The van der Waals surface area contributed by atoms with Crippen molar-refractivity contribution in [3.63, 3.8) is 0 Å². The minimum atomic E-state index is -0.621. The maximum absolute atomic E-state index is 12.1. The summed E-state index contributed by atoms with van der Waals surface area (Å²) < 4.78 is 5.19. The van der Waals surface area contributed by atoms with Crippen LogP contribution >= 0.6 is 24.0 Å². The quantitative estimate of drug-likeness (QED) is 0.485. The van der Waals surface area contributed by atoms with Gasteiger partial charge < -0.3 is 9.73 Å². The zero-order valence-electron chi connectivity index (χ0n) is 12.2. The smallest absolute Gasteiger partial charge is 0.403 e. The van der Waals surface area contributed by atoms with Gasteiger partial charge in [0.25, 0.3) is 5.91 Å². The second-order valence-electron chi connectivity index (χ2n) is 4.79. The van der Waals surface area contributed by atoms with Gasteiger partial charge in [0, 0.05) is 5.69 Å². The fourth-order valence-electron chi connectivity index (χ4n) is 2.12. The van der Waals surface area contributed by atoms with Gasteiger partial charge >= 0.3 is 5.88 Å². The Morgan fingerprint density at radius 3 is 2.75 bits per heavy atom. The van der Waals surface area contributed by atoms with Gasteiger partial charge in [0.1, 0.15) is 10.7 Å². The summed E-state index contributed by atoms with van der Waals surface area (Å²) in [6.07, 6.45) is 0. The van der Waals surface area contributed by atoms with Crippen molar-refractivity contribution in [1.82, 2.24) is 10.4 Å². The number of para-hydroxylation sites is 1. The van der Waals surface area contributed by atoms with Crippen molar-refractivity contribution in [2.75, 3.05) is 11.1 Å². The van der Waals surface area contributed by atoms with Crippen LogP contribution in [0.2, 0.25) is 0 Å². The minimum Gasteiger partial charge on any atom is -0.403 e. The van der Waals surface area contributed by atoms with Gasteiger partial charge in [0.2, 0.25) is 0 Å². The molecule has 0 spiro atoms. The van der Waals surface area contributed by atoms with Gasteiger partial charge in [-0.2, -0.15) is 0 Å². The predicted molar refractivity (Wildman–Crippen MR) is 93.2 cm³/mol. The van der Waals surface area contributed by atoms with Crippen LogP contribution in [0.1, 0.15) is 11.1 Å². The lowest BCUT2D eigenvalue weighted by Gasteiger charge is -2.24. The Hall–Kier alpha value is -2.59. The number of anilines is 1. The molecule has 1 amide bonds. The highest BCUT2D eigenvalue weighted by atomic mass is 32.2. The Balaban J connectivity index is 1.71. The average Bonchev–Trinajstić information content (AvgIpc) is 3.16. The van der Waals surface area contributed by atoms with Crippen molar-refractivity contribution >= 4 is 46.6 Å². The van der Waals surface area contributed by atoms with Crippen LogP contribution in [0.25, 0.3) is 0 Å². The number of amides is 1. The number of rotatable bonds is 4. The molecule has 1 aromatic carbocycles. The number of carbonyl (C=O) groups is 1. The summed E-state index contributed by atoms with van der Waals surface area (Å²) in [5.74, 6) is -0.0242. The summed E-state index contributed by atoms with van der Waals surface area (Å²) >= 11 is 6.51. The standard InChI is InChI=1S/C14H12N4O4S2/c19-11-8-24-13(10-6-7-12(22-10)18(20)21)17(11)16-14(23)15-9-4-2-1-3-5-9/h1-7,13H,8H2,(H2,15,16,23). The second kappa shape index (κ2) is 6.89. The molecule has 1 fully saturated rings. The predicted octanol–water partition coefficient (Wildman–Crippen LogP) is 2.66. The van der Waals surface area contributed by atoms with E-state index < -0.39 is 10.3 Å². The maximum atomic E-state index is 12.1. The van der Waals surface area contributed by atoms with Gasteiger partial charge in [0.15, 0.2) is 10.5 Å². The lowest BCUT2D eigenvalue weighted by atomic mass is 10.3. The van der Waals surface area contributed by atoms with Crippen molar-refractivity contribution in [1.29, 1.82) is 0 Å². The first-order valence-electron chi connectivity index (χ1n) is 6.85. The van der Waals surface area contributed by atoms with E-state index in [9.17, 15) is 14.9 Å². The summed E-state index contributed by atoms with van der Waals surface area (Å²) in [4.78, 5) is 22.2. The van der Waals surface area contributed by atoms with Gasteiger partial charge in [-0.3, -0.25) is 20.3 Å². The zero-order chi connectivity index (χ0) is 17.1. The van der Waals surface area contributed by atoms with Crippen molar-refractivity contribution in [3.8, 4) is 0 Å². The van der Waals surface area contributed by atoms with E-state index in [2.05, 4.69) is 10.7 Å². The minimum absolute atomic E-state index is 0.193. The number of benzene rings is 1. The molecule has 1 atom stereocenters. The number of thiocarbonyl (C=S) groups is 1. The summed E-state index contributed by atoms with van der Waals surface area (Å²) in [5, 5.41) is 14.7. The Bertz CT molecular complexity index is 780. The van der Waals surface area contributed by atoms with E-state index in [1.165, 1.54) is 28.9 Å². The number of thioether (sulfide) groups is 1. The molecule has 0 aliphatic carbocycles. The molecule has 1 aliphatic rings. The van der Waals surface area contributed by atoms with Crippen LogP contribution in [-0.2, 0) is 4.79 Å². The zero-order valence-corrected chi connectivity index (χ0v) is 13.8. The third-order valence-corrected chi connectivity index (χ3v) is 4.52. The fourth-order valence-corrected chi connectivity index (χ4v) is 3.38. The fraction of sp³-hybridized carbons (Fsp3) is 0.143. The molecule has 1 aromatic heterocycles. The molecule has 0 saturated carbocycles. The van der Waals surface area contributed by atoms with E-state index in [-0.39, 0.29) is 22.7 Å². The van der Waals surface area contributed by atoms with Crippen LogP contribution in [0.5, 0.6) is 0 Å². The number of nitrogens with one attached hydrogen (secondary N) is 2. The van der Waals surface area contributed by atoms with E-state index in [0.29, 0.717) is 5.76 Å². The highest BCUT2D eigenvalue weighted by molar-refractivity contribution is 8.00. The number of hydrogen-bond donors (Lipinski definition) is 2. The maximum Gasteiger partial charge on any atom is 0.433 e.